The van der Waals surface area contributed by atoms with Crippen molar-refractivity contribution >= 4 is 27.7 Å². The van der Waals surface area contributed by atoms with Crippen LogP contribution in [0.5, 0.6) is 5.75 Å². The molecule has 0 aromatic heterocycles. The van der Waals surface area contributed by atoms with E-state index in [2.05, 4.69) is 26.6 Å². The molecule has 0 heterocycles. The minimum Gasteiger partial charge on any atom is -0.497 e. The quantitative estimate of drug-likeness (QED) is 0.864. The molecule has 6 heteroatoms. The smallest absolute Gasteiger partial charge is 0.252 e. The molecule has 0 aliphatic carbocycles. The standard InChI is InChI=1S/C13H17BrN2O3/c1-8(6-12(17)15-2)16-13(18)10-7-9(19-3)4-5-11(10)14/h4-5,7-8H,6H2,1-3H3,(H,15,17)(H,16,18). The zero-order valence-electron chi connectivity index (χ0n) is 11.1. The Hall–Kier alpha value is -1.56. The van der Waals surface area contributed by atoms with Gasteiger partial charge in [0.1, 0.15) is 5.75 Å². The first-order chi connectivity index (χ1) is 8.97. The largest absolute Gasteiger partial charge is 0.497 e. The highest BCUT2D eigenvalue weighted by Crippen LogP contribution is 2.22. The van der Waals surface area contributed by atoms with Gasteiger partial charge in [-0.1, -0.05) is 0 Å². The predicted octanol–water partition coefficient (Wildman–Crippen LogP) is 1.71. The highest BCUT2D eigenvalue weighted by molar-refractivity contribution is 9.10. The van der Waals surface area contributed by atoms with Crippen LogP contribution in [0, 0.1) is 0 Å². The number of nitrogens with one attached hydrogen (secondary N) is 2. The van der Waals surface area contributed by atoms with E-state index in [1.165, 1.54) is 0 Å². The van der Waals surface area contributed by atoms with Crippen molar-refractivity contribution in [1.29, 1.82) is 0 Å². The van der Waals surface area contributed by atoms with E-state index in [0.717, 1.165) is 0 Å². The molecule has 0 aliphatic rings. The molecule has 0 saturated heterocycles. The fourth-order valence-corrected chi connectivity index (χ4v) is 1.96. The second-order valence-corrected chi connectivity index (χ2v) is 4.95. The van der Waals surface area contributed by atoms with Gasteiger partial charge in [-0.05, 0) is 41.1 Å². The molecule has 1 atom stereocenters. The van der Waals surface area contributed by atoms with Gasteiger partial charge in [-0.2, -0.15) is 0 Å². The third-order valence-electron chi connectivity index (χ3n) is 2.57. The van der Waals surface area contributed by atoms with Crippen molar-refractivity contribution in [1.82, 2.24) is 10.6 Å². The molecular formula is C13H17BrN2O3. The minimum absolute atomic E-state index is 0.113. The summed E-state index contributed by atoms with van der Waals surface area (Å²) >= 11 is 3.32. The Morgan fingerprint density at radius 1 is 1.42 bits per heavy atom. The lowest BCUT2D eigenvalue weighted by molar-refractivity contribution is -0.120. The van der Waals surface area contributed by atoms with E-state index in [-0.39, 0.29) is 24.3 Å². The fourth-order valence-electron chi connectivity index (χ4n) is 1.54. The summed E-state index contributed by atoms with van der Waals surface area (Å²) in [4.78, 5) is 23.3. The van der Waals surface area contributed by atoms with Gasteiger partial charge >= 0.3 is 0 Å². The molecule has 1 rings (SSSR count). The van der Waals surface area contributed by atoms with E-state index in [1.54, 1.807) is 39.3 Å². The molecule has 5 nitrogen and oxygen atoms in total. The summed E-state index contributed by atoms with van der Waals surface area (Å²) < 4.78 is 5.76. The summed E-state index contributed by atoms with van der Waals surface area (Å²) in [6.07, 6.45) is 0.240. The number of hydrogen-bond donors (Lipinski definition) is 2. The predicted molar refractivity (Wildman–Crippen MR) is 76.3 cm³/mol. The van der Waals surface area contributed by atoms with Gasteiger partial charge in [0, 0.05) is 24.0 Å². The summed E-state index contributed by atoms with van der Waals surface area (Å²) in [6.45, 7) is 1.78. The third-order valence-corrected chi connectivity index (χ3v) is 3.26. The number of rotatable bonds is 5. The number of methoxy groups -OCH3 is 1. The lowest BCUT2D eigenvalue weighted by atomic mass is 10.1. The molecule has 0 aliphatic heterocycles. The lowest BCUT2D eigenvalue weighted by Gasteiger charge is -2.14. The van der Waals surface area contributed by atoms with Gasteiger partial charge in [0.05, 0.1) is 12.7 Å². The minimum atomic E-state index is -0.248. The molecule has 0 spiro atoms. The molecule has 1 aromatic rings. The van der Waals surface area contributed by atoms with E-state index in [1.807, 2.05) is 0 Å². The van der Waals surface area contributed by atoms with Crippen LogP contribution in [-0.4, -0.2) is 32.0 Å². The van der Waals surface area contributed by atoms with Crippen LogP contribution < -0.4 is 15.4 Å². The first kappa shape index (κ1) is 15.5. The summed E-state index contributed by atoms with van der Waals surface area (Å²) in [7, 11) is 3.11. The molecule has 2 amide bonds. The van der Waals surface area contributed by atoms with E-state index in [4.69, 9.17) is 4.74 Å². The second-order valence-electron chi connectivity index (χ2n) is 4.10. The van der Waals surface area contributed by atoms with Crippen LogP contribution in [0.15, 0.2) is 22.7 Å². The van der Waals surface area contributed by atoms with Crippen molar-refractivity contribution in [2.45, 2.75) is 19.4 Å². The van der Waals surface area contributed by atoms with Gasteiger partial charge < -0.3 is 15.4 Å². The van der Waals surface area contributed by atoms with Gasteiger partial charge in [-0.3, -0.25) is 9.59 Å². The lowest BCUT2D eigenvalue weighted by Crippen LogP contribution is -2.36. The average molecular weight is 329 g/mol. The zero-order valence-corrected chi connectivity index (χ0v) is 12.7. The van der Waals surface area contributed by atoms with Crippen LogP contribution in [-0.2, 0) is 4.79 Å². The molecule has 1 unspecified atom stereocenters. The normalized spacial score (nSPS) is 11.6. The molecule has 0 fully saturated rings. The van der Waals surface area contributed by atoms with Crippen LogP contribution in [0.25, 0.3) is 0 Å². The Morgan fingerprint density at radius 2 is 2.11 bits per heavy atom. The van der Waals surface area contributed by atoms with Crippen LogP contribution in [0.4, 0.5) is 0 Å². The van der Waals surface area contributed by atoms with Crippen molar-refractivity contribution in [3.05, 3.63) is 28.2 Å². The molecule has 0 radical (unpaired) electrons. The van der Waals surface area contributed by atoms with Crippen molar-refractivity contribution in [2.75, 3.05) is 14.2 Å². The van der Waals surface area contributed by atoms with Gasteiger partial charge in [0.25, 0.3) is 5.91 Å². The molecular weight excluding hydrogens is 312 g/mol. The zero-order chi connectivity index (χ0) is 14.4. The number of benzene rings is 1. The summed E-state index contributed by atoms with van der Waals surface area (Å²) in [6, 6.07) is 4.91. The van der Waals surface area contributed by atoms with Crippen LogP contribution in [0.1, 0.15) is 23.7 Å². The van der Waals surface area contributed by atoms with E-state index in [0.29, 0.717) is 15.8 Å². The van der Waals surface area contributed by atoms with Crippen molar-refractivity contribution in [3.8, 4) is 5.75 Å². The van der Waals surface area contributed by atoms with Crippen LogP contribution >= 0.6 is 15.9 Å². The molecule has 104 valence electrons. The highest BCUT2D eigenvalue weighted by Gasteiger charge is 2.15. The van der Waals surface area contributed by atoms with Crippen LogP contribution in [0.3, 0.4) is 0 Å². The van der Waals surface area contributed by atoms with Gasteiger partial charge in [0.2, 0.25) is 5.91 Å². The number of carbonyl (C=O) groups excluding carboxylic acids is 2. The topological polar surface area (TPSA) is 67.4 Å². The number of halogens is 1. The Bertz CT molecular complexity index is 477. The molecule has 19 heavy (non-hydrogen) atoms. The Morgan fingerprint density at radius 3 is 2.68 bits per heavy atom. The van der Waals surface area contributed by atoms with E-state index in [9.17, 15) is 9.59 Å². The Kier molecular flexibility index (Phi) is 5.82. The van der Waals surface area contributed by atoms with Gasteiger partial charge in [-0.15, -0.1) is 0 Å². The van der Waals surface area contributed by atoms with E-state index >= 15 is 0 Å². The first-order valence-corrected chi connectivity index (χ1v) is 6.62. The van der Waals surface area contributed by atoms with Crippen molar-refractivity contribution in [2.24, 2.45) is 0 Å². The summed E-state index contributed by atoms with van der Waals surface area (Å²) in [5.41, 5.74) is 0.475. The third kappa shape index (κ3) is 4.55. The molecule has 1 aromatic carbocycles. The van der Waals surface area contributed by atoms with E-state index < -0.39 is 0 Å². The maximum Gasteiger partial charge on any atom is 0.252 e. The second kappa shape index (κ2) is 7.13. The number of carbonyl (C=O) groups is 2. The maximum absolute atomic E-state index is 12.1. The SMILES string of the molecule is CNC(=O)CC(C)NC(=O)c1cc(OC)ccc1Br. The Labute approximate surface area is 120 Å². The maximum atomic E-state index is 12.1. The first-order valence-electron chi connectivity index (χ1n) is 5.83. The highest BCUT2D eigenvalue weighted by atomic mass is 79.9. The monoisotopic (exact) mass is 328 g/mol. The van der Waals surface area contributed by atoms with Gasteiger partial charge in [-0.25, -0.2) is 0 Å². The fraction of sp³-hybridized carbons (Fsp3) is 0.385. The summed E-state index contributed by atoms with van der Waals surface area (Å²) in [5.74, 6) is 0.243. The Balaban J connectivity index is 2.75. The van der Waals surface area contributed by atoms with Crippen molar-refractivity contribution < 1.29 is 14.3 Å². The summed E-state index contributed by atoms with van der Waals surface area (Å²) in [5, 5.41) is 5.29. The number of hydrogen-bond acceptors (Lipinski definition) is 3. The molecule has 0 saturated carbocycles. The average Bonchev–Trinajstić information content (AvgIpc) is 2.38. The molecule has 0 bridgehead atoms. The number of amides is 2. The van der Waals surface area contributed by atoms with Crippen LogP contribution in [0.2, 0.25) is 0 Å². The van der Waals surface area contributed by atoms with Crippen molar-refractivity contribution in [3.63, 3.8) is 0 Å². The van der Waals surface area contributed by atoms with Gasteiger partial charge in [0.15, 0.2) is 0 Å². The molecule has 2 N–H and O–H groups in total. The number of ether oxygens (including phenoxy) is 1.